The van der Waals surface area contributed by atoms with E-state index in [1.54, 1.807) is 22.9 Å². The highest BCUT2D eigenvalue weighted by atomic mass is 16.6. The van der Waals surface area contributed by atoms with Gasteiger partial charge in [0.25, 0.3) is 5.69 Å². The van der Waals surface area contributed by atoms with Gasteiger partial charge in [-0.3, -0.25) is 14.8 Å². The van der Waals surface area contributed by atoms with E-state index < -0.39 is 11.9 Å². The molecule has 0 bridgehead atoms. The van der Waals surface area contributed by atoms with Crippen molar-refractivity contribution < 1.29 is 14.5 Å². The third kappa shape index (κ3) is 4.57. The average molecular weight is 468 g/mol. The summed E-state index contributed by atoms with van der Waals surface area (Å²) in [7, 11) is 5.82. The summed E-state index contributed by atoms with van der Waals surface area (Å²) >= 11 is 0. The van der Waals surface area contributed by atoms with Crippen molar-refractivity contribution in [2.45, 2.75) is 50.9 Å². The van der Waals surface area contributed by atoms with E-state index in [1.807, 2.05) is 33.0 Å². The van der Waals surface area contributed by atoms with Crippen molar-refractivity contribution >= 4 is 17.5 Å². The molecule has 9 nitrogen and oxygen atoms in total. The van der Waals surface area contributed by atoms with Gasteiger partial charge < -0.3 is 15.0 Å². The molecule has 34 heavy (non-hydrogen) atoms. The number of nitro benzene ring substituents is 1. The highest BCUT2D eigenvalue weighted by molar-refractivity contribution is 5.95. The molecule has 1 aliphatic carbocycles. The number of fused-ring (bicyclic) bond motifs is 1. The number of hydrogen-bond donors (Lipinski definition) is 1. The Morgan fingerprint density at radius 2 is 2.00 bits per heavy atom. The number of aromatic nitrogens is 2. The van der Waals surface area contributed by atoms with E-state index in [9.17, 15) is 14.9 Å². The van der Waals surface area contributed by atoms with Gasteiger partial charge in [0.2, 0.25) is 0 Å². The summed E-state index contributed by atoms with van der Waals surface area (Å²) in [6.07, 6.45) is 5.03. The summed E-state index contributed by atoms with van der Waals surface area (Å²) < 4.78 is 7.48. The van der Waals surface area contributed by atoms with Crippen LogP contribution >= 0.6 is 0 Å². The first kappa shape index (κ1) is 23.9. The number of aryl methyl sites for hydroxylation is 1. The number of allylic oxidation sites excluding steroid dienone is 1. The topological polar surface area (TPSA) is 103 Å². The first-order valence-corrected chi connectivity index (χ1v) is 11.9. The highest BCUT2D eigenvalue weighted by Crippen LogP contribution is 2.49. The van der Waals surface area contributed by atoms with Crippen molar-refractivity contribution in [2.75, 3.05) is 32.6 Å². The first-order chi connectivity index (χ1) is 16.3. The predicted molar refractivity (Wildman–Crippen MR) is 130 cm³/mol. The maximum atomic E-state index is 13.4. The molecule has 2 heterocycles. The second kappa shape index (κ2) is 9.97. The van der Waals surface area contributed by atoms with Crippen molar-refractivity contribution in [2.24, 2.45) is 7.05 Å². The van der Waals surface area contributed by atoms with Crippen LogP contribution in [-0.4, -0.2) is 52.8 Å². The molecular weight excluding hydrogens is 434 g/mol. The van der Waals surface area contributed by atoms with Gasteiger partial charge in [-0.1, -0.05) is 31.0 Å². The Morgan fingerprint density at radius 1 is 1.29 bits per heavy atom. The van der Waals surface area contributed by atoms with Crippen LogP contribution in [0.5, 0.6) is 0 Å². The lowest BCUT2D eigenvalue weighted by atomic mass is 9.79. The minimum Gasteiger partial charge on any atom is -0.462 e. The molecule has 1 atom stereocenters. The monoisotopic (exact) mass is 467 g/mol. The van der Waals surface area contributed by atoms with Gasteiger partial charge in [-0.25, -0.2) is 4.79 Å². The van der Waals surface area contributed by atoms with Crippen LogP contribution < -0.4 is 5.32 Å². The summed E-state index contributed by atoms with van der Waals surface area (Å²) in [5.41, 5.74) is 3.31. The predicted octanol–water partition coefficient (Wildman–Crippen LogP) is 4.31. The third-order valence-electron chi connectivity index (χ3n) is 6.79. The lowest BCUT2D eigenvalue weighted by molar-refractivity contribution is -0.385. The number of carbonyl (C=O) groups excluding carboxylic acids is 1. The number of nitro groups is 1. The molecule has 2 aromatic rings. The Hall–Kier alpha value is -3.20. The molecule has 9 heteroatoms. The van der Waals surface area contributed by atoms with E-state index in [4.69, 9.17) is 9.84 Å². The van der Waals surface area contributed by atoms with Crippen LogP contribution in [0.2, 0.25) is 0 Å². The number of esters is 1. The molecule has 1 saturated carbocycles. The molecule has 2 aliphatic rings. The van der Waals surface area contributed by atoms with Crippen LogP contribution in [0.1, 0.15) is 67.7 Å². The van der Waals surface area contributed by atoms with Crippen LogP contribution in [0.25, 0.3) is 0 Å². The minimum absolute atomic E-state index is 0.00715. The fraction of sp³-hybridized carbons (Fsp3) is 0.520. The van der Waals surface area contributed by atoms with E-state index in [2.05, 4.69) is 5.32 Å². The molecule has 0 radical (unpaired) electrons. The summed E-state index contributed by atoms with van der Waals surface area (Å²) in [6.45, 7) is 2.91. The van der Waals surface area contributed by atoms with Crippen molar-refractivity contribution in [1.82, 2.24) is 14.7 Å². The van der Waals surface area contributed by atoms with Crippen LogP contribution in [0, 0.1) is 10.1 Å². The van der Waals surface area contributed by atoms with E-state index >= 15 is 0 Å². The molecule has 0 saturated heterocycles. The molecule has 1 aromatic heterocycles. The molecule has 0 spiro atoms. The molecule has 1 aliphatic heterocycles. The van der Waals surface area contributed by atoms with Crippen molar-refractivity contribution in [3.05, 3.63) is 62.5 Å². The smallest absolute Gasteiger partial charge is 0.336 e. The molecule has 1 aromatic carbocycles. The minimum atomic E-state index is -0.622. The zero-order valence-corrected chi connectivity index (χ0v) is 20.3. The fourth-order valence-corrected chi connectivity index (χ4v) is 5.20. The zero-order valence-electron chi connectivity index (χ0n) is 20.3. The number of carbonyl (C=O) groups is 1. The first-order valence-electron chi connectivity index (χ1n) is 11.9. The Kier molecular flexibility index (Phi) is 7.02. The summed E-state index contributed by atoms with van der Waals surface area (Å²) in [5.74, 6) is -0.00761. The molecule has 1 N–H and O–H groups in total. The lowest BCUT2D eigenvalue weighted by Crippen LogP contribution is -2.26. The molecule has 1 unspecified atom stereocenters. The van der Waals surface area contributed by atoms with Gasteiger partial charge >= 0.3 is 5.97 Å². The van der Waals surface area contributed by atoms with Gasteiger partial charge in [0, 0.05) is 42.4 Å². The largest absolute Gasteiger partial charge is 0.462 e. The quantitative estimate of drug-likeness (QED) is 0.267. The maximum absolute atomic E-state index is 13.4. The molecule has 182 valence electrons. The standard InChI is InChI=1S/C25H33N5O4/c1-16-20(25(31)34-15-9-14-28(2)3)21(18-12-7-8-13-19(18)30(32)33)22-23(17-10-5-6-11-17)27-29(4)24(22)26-16/h7-8,12-13,17,21,26H,5-6,9-11,14-15H2,1-4H3. The zero-order chi connectivity index (χ0) is 24.4. The summed E-state index contributed by atoms with van der Waals surface area (Å²) in [4.78, 5) is 27.1. The molecule has 0 amide bonds. The van der Waals surface area contributed by atoms with Gasteiger partial charge in [0.05, 0.1) is 28.7 Å². The Bertz CT molecular complexity index is 1110. The Labute approximate surface area is 199 Å². The molecule has 1 fully saturated rings. The average Bonchev–Trinajstić information content (AvgIpc) is 3.44. The van der Waals surface area contributed by atoms with Gasteiger partial charge in [-0.2, -0.15) is 5.10 Å². The van der Waals surface area contributed by atoms with E-state index in [1.165, 1.54) is 6.07 Å². The molecular formula is C25H33N5O4. The number of benzene rings is 1. The van der Waals surface area contributed by atoms with Crippen LogP contribution in [-0.2, 0) is 16.6 Å². The van der Waals surface area contributed by atoms with Gasteiger partial charge in [-0.05, 0) is 40.3 Å². The second-order valence-corrected chi connectivity index (χ2v) is 9.46. The Balaban J connectivity index is 1.82. The Morgan fingerprint density at radius 3 is 2.68 bits per heavy atom. The number of nitrogens with one attached hydrogen (secondary N) is 1. The SMILES string of the molecule is CC1=C(C(=O)OCCCN(C)C)C(c2ccccc2[N+](=O)[O-])c2c(C3CCCC3)nn(C)c2N1. The number of ether oxygens (including phenoxy) is 1. The van der Waals surface area contributed by atoms with Crippen molar-refractivity contribution in [1.29, 1.82) is 0 Å². The number of anilines is 1. The van der Waals surface area contributed by atoms with Crippen molar-refractivity contribution in [3.63, 3.8) is 0 Å². The number of rotatable bonds is 8. The van der Waals surface area contributed by atoms with Gasteiger partial charge in [0.1, 0.15) is 5.82 Å². The van der Waals surface area contributed by atoms with Crippen LogP contribution in [0.3, 0.4) is 0 Å². The van der Waals surface area contributed by atoms with Crippen LogP contribution in [0.4, 0.5) is 11.5 Å². The third-order valence-corrected chi connectivity index (χ3v) is 6.79. The number of para-hydroxylation sites is 1. The van der Waals surface area contributed by atoms with Crippen molar-refractivity contribution in [3.8, 4) is 0 Å². The van der Waals surface area contributed by atoms with E-state index in [-0.39, 0.29) is 23.1 Å². The lowest BCUT2D eigenvalue weighted by Gasteiger charge is -2.29. The van der Waals surface area contributed by atoms with E-state index in [0.717, 1.165) is 49.3 Å². The van der Waals surface area contributed by atoms with Crippen LogP contribution in [0.15, 0.2) is 35.5 Å². The molecule has 4 rings (SSSR count). The number of nitrogens with zero attached hydrogens (tertiary/aromatic N) is 4. The fourth-order valence-electron chi connectivity index (χ4n) is 5.20. The highest BCUT2D eigenvalue weighted by Gasteiger charge is 2.41. The maximum Gasteiger partial charge on any atom is 0.336 e. The summed E-state index contributed by atoms with van der Waals surface area (Å²) in [5, 5.41) is 20.2. The van der Waals surface area contributed by atoms with E-state index in [0.29, 0.717) is 23.3 Å². The van der Waals surface area contributed by atoms with Gasteiger partial charge in [-0.15, -0.1) is 0 Å². The number of hydrogen-bond acceptors (Lipinski definition) is 7. The normalized spacial score (nSPS) is 18.2. The summed E-state index contributed by atoms with van der Waals surface area (Å²) in [6, 6.07) is 6.68. The second-order valence-electron chi connectivity index (χ2n) is 9.46. The van der Waals surface area contributed by atoms with Gasteiger partial charge in [0.15, 0.2) is 0 Å².